The first-order valence-corrected chi connectivity index (χ1v) is 9.56. The second kappa shape index (κ2) is 8.57. The largest absolute Gasteiger partial charge is 0.492 e. The first-order chi connectivity index (χ1) is 11.4. The Balaban J connectivity index is 1.53. The zero-order valence-corrected chi connectivity index (χ0v) is 14.4. The maximum absolute atomic E-state index is 5.93. The van der Waals surface area contributed by atoms with Gasteiger partial charge in [-0.2, -0.15) is 0 Å². The van der Waals surface area contributed by atoms with E-state index in [1.54, 1.807) is 0 Å². The van der Waals surface area contributed by atoms with Gasteiger partial charge in [0.05, 0.1) is 0 Å². The van der Waals surface area contributed by atoms with Crippen LogP contribution < -0.4 is 15.4 Å². The lowest BCUT2D eigenvalue weighted by molar-refractivity contribution is 0.278. The molecule has 3 rings (SSSR count). The van der Waals surface area contributed by atoms with Crippen LogP contribution in [-0.4, -0.2) is 30.3 Å². The number of fused-ring (bicyclic) bond motifs is 1. The van der Waals surface area contributed by atoms with Crippen molar-refractivity contribution in [2.24, 2.45) is 5.92 Å². The van der Waals surface area contributed by atoms with Gasteiger partial charge in [-0.3, -0.25) is 0 Å². The van der Waals surface area contributed by atoms with E-state index in [2.05, 4.69) is 53.6 Å². The summed E-state index contributed by atoms with van der Waals surface area (Å²) >= 11 is 1.97. The molecule has 0 radical (unpaired) electrons. The zero-order chi connectivity index (χ0) is 15.9. The smallest absolute Gasteiger partial charge is 0.123 e. The molecule has 124 valence electrons. The molecule has 23 heavy (non-hydrogen) atoms. The number of benzene rings is 1. The van der Waals surface area contributed by atoms with Crippen molar-refractivity contribution in [2.45, 2.75) is 31.5 Å². The minimum absolute atomic E-state index is 0.362. The van der Waals surface area contributed by atoms with E-state index in [4.69, 9.17) is 4.74 Å². The molecule has 0 bridgehead atoms. The Labute approximate surface area is 143 Å². The first kappa shape index (κ1) is 16.6. The van der Waals surface area contributed by atoms with Gasteiger partial charge in [0.15, 0.2) is 0 Å². The van der Waals surface area contributed by atoms with Crippen molar-refractivity contribution >= 4 is 11.8 Å². The number of hydrogen-bond acceptors (Lipinski definition) is 4. The zero-order valence-electron chi connectivity index (χ0n) is 13.5. The number of hydrogen-bond donors (Lipinski definition) is 2. The molecule has 0 aliphatic carbocycles. The van der Waals surface area contributed by atoms with Crippen LogP contribution in [0.4, 0.5) is 0 Å². The van der Waals surface area contributed by atoms with Crippen LogP contribution in [0, 0.1) is 5.92 Å². The van der Waals surface area contributed by atoms with Crippen molar-refractivity contribution < 1.29 is 4.74 Å². The van der Waals surface area contributed by atoms with Gasteiger partial charge >= 0.3 is 0 Å². The summed E-state index contributed by atoms with van der Waals surface area (Å²) in [6, 6.07) is 9.05. The summed E-state index contributed by atoms with van der Waals surface area (Å²) < 4.78 is 5.93. The summed E-state index contributed by atoms with van der Waals surface area (Å²) in [6.45, 7) is 5.59. The highest BCUT2D eigenvalue weighted by Crippen LogP contribution is 2.22. The van der Waals surface area contributed by atoms with Crippen LogP contribution >= 0.6 is 11.8 Å². The third-order valence-corrected chi connectivity index (χ3v) is 5.43. The number of thioether (sulfide) groups is 1. The average Bonchev–Trinajstić information content (AvgIpc) is 2.93. The van der Waals surface area contributed by atoms with Gasteiger partial charge in [-0.15, -0.1) is 18.3 Å². The lowest BCUT2D eigenvalue weighted by atomic mass is 9.96. The van der Waals surface area contributed by atoms with Crippen LogP contribution in [0.5, 0.6) is 5.75 Å². The van der Waals surface area contributed by atoms with E-state index in [1.807, 2.05) is 17.8 Å². The highest BCUT2D eigenvalue weighted by molar-refractivity contribution is 7.99. The van der Waals surface area contributed by atoms with E-state index in [9.17, 15) is 0 Å². The number of nitrogens with one attached hydrogen (secondary N) is 2. The van der Waals surface area contributed by atoms with E-state index in [0.717, 1.165) is 31.2 Å². The van der Waals surface area contributed by atoms with Crippen molar-refractivity contribution in [3.05, 3.63) is 54.6 Å². The fourth-order valence-corrected chi connectivity index (χ4v) is 3.98. The summed E-state index contributed by atoms with van der Waals surface area (Å²) in [4.78, 5) is 0. The molecule has 3 nitrogen and oxygen atoms in total. The maximum Gasteiger partial charge on any atom is 0.123 e. The molecule has 2 N–H and O–H groups in total. The summed E-state index contributed by atoms with van der Waals surface area (Å²) in [6.07, 6.45) is 8.90. The predicted octanol–water partition coefficient (Wildman–Crippen LogP) is 3.34. The fourth-order valence-electron chi connectivity index (χ4n) is 3.09. The van der Waals surface area contributed by atoms with Gasteiger partial charge < -0.3 is 15.4 Å². The van der Waals surface area contributed by atoms with Gasteiger partial charge in [-0.1, -0.05) is 36.4 Å². The average molecular weight is 330 g/mol. The fraction of sp³-hybridized carbons (Fsp3) is 0.474. The van der Waals surface area contributed by atoms with Crippen LogP contribution in [-0.2, 0) is 6.54 Å². The third-order valence-electron chi connectivity index (χ3n) is 4.54. The van der Waals surface area contributed by atoms with Gasteiger partial charge in [0.2, 0.25) is 0 Å². The molecule has 1 aromatic rings. The van der Waals surface area contributed by atoms with E-state index in [1.165, 1.54) is 17.7 Å². The molecular weight excluding hydrogens is 304 g/mol. The summed E-state index contributed by atoms with van der Waals surface area (Å²) in [5.74, 6) is 3.79. The Bertz CT molecular complexity index is 519. The quantitative estimate of drug-likeness (QED) is 0.830. The Kier molecular flexibility index (Phi) is 6.20. The van der Waals surface area contributed by atoms with Gasteiger partial charge in [0, 0.05) is 30.1 Å². The van der Waals surface area contributed by atoms with Gasteiger partial charge in [-0.25, -0.2) is 0 Å². The van der Waals surface area contributed by atoms with Crippen molar-refractivity contribution in [3.63, 3.8) is 0 Å². The molecule has 1 saturated heterocycles. The number of ether oxygens (including phenoxy) is 1. The van der Waals surface area contributed by atoms with E-state index >= 15 is 0 Å². The van der Waals surface area contributed by atoms with Crippen LogP contribution in [0.2, 0.25) is 0 Å². The minimum atomic E-state index is 0.362. The Hall–Kier alpha value is -1.23. The van der Waals surface area contributed by atoms with Crippen LogP contribution in [0.1, 0.15) is 18.4 Å². The summed E-state index contributed by atoms with van der Waals surface area (Å²) in [7, 11) is 0. The Morgan fingerprint density at radius 2 is 2.22 bits per heavy atom. The van der Waals surface area contributed by atoms with Crippen molar-refractivity contribution in [1.29, 1.82) is 0 Å². The van der Waals surface area contributed by atoms with Gasteiger partial charge in [0.25, 0.3) is 0 Å². The highest BCUT2D eigenvalue weighted by atomic mass is 32.2. The van der Waals surface area contributed by atoms with Crippen LogP contribution in [0.25, 0.3) is 0 Å². The van der Waals surface area contributed by atoms with Crippen LogP contribution in [0.3, 0.4) is 0 Å². The molecule has 0 aromatic heterocycles. The van der Waals surface area contributed by atoms with Crippen molar-refractivity contribution in [2.75, 3.05) is 18.2 Å². The van der Waals surface area contributed by atoms with Crippen molar-refractivity contribution in [1.82, 2.24) is 10.6 Å². The second-order valence-corrected chi connectivity index (χ2v) is 7.24. The highest BCUT2D eigenvalue weighted by Gasteiger charge is 2.19. The maximum atomic E-state index is 5.93. The van der Waals surface area contributed by atoms with Gasteiger partial charge in [-0.05, 0) is 30.6 Å². The van der Waals surface area contributed by atoms with Crippen LogP contribution in [0.15, 0.2) is 49.1 Å². The molecule has 4 heteroatoms. The summed E-state index contributed by atoms with van der Waals surface area (Å²) in [5.41, 5.74) is 1.24. The molecule has 0 amide bonds. The molecule has 3 atom stereocenters. The third kappa shape index (κ3) is 4.63. The topological polar surface area (TPSA) is 33.3 Å². The Morgan fingerprint density at radius 3 is 3.13 bits per heavy atom. The molecule has 0 saturated carbocycles. The second-order valence-electron chi connectivity index (χ2n) is 6.13. The minimum Gasteiger partial charge on any atom is -0.492 e. The molecular formula is C19H26N2OS. The lowest BCUT2D eigenvalue weighted by Crippen LogP contribution is -2.33. The molecule has 3 unspecified atom stereocenters. The first-order valence-electron chi connectivity index (χ1n) is 8.41. The molecule has 2 aliphatic heterocycles. The summed E-state index contributed by atoms with van der Waals surface area (Å²) in [5, 5.41) is 7.19. The number of rotatable bonds is 4. The van der Waals surface area contributed by atoms with E-state index in [-0.39, 0.29) is 0 Å². The monoisotopic (exact) mass is 330 g/mol. The number of para-hydroxylation sites is 1. The lowest BCUT2D eigenvalue weighted by Gasteiger charge is -2.19. The van der Waals surface area contributed by atoms with E-state index < -0.39 is 0 Å². The van der Waals surface area contributed by atoms with Crippen molar-refractivity contribution in [3.8, 4) is 5.75 Å². The Morgan fingerprint density at radius 1 is 1.30 bits per heavy atom. The predicted molar refractivity (Wildman–Crippen MR) is 98.9 cm³/mol. The SMILES string of the molecule is C=CC1CCSCNC1C=CCC1COc2ccccc2CN1. The normalized spacial score (nSPS) is 28.4. The molecule has 2 heterocycles. The standard InChI is InChI=1S/C19H26N2OS/c1-2-15-10-11-23-14-21-18(15)8-5-7-17-13-22-19-9-4-3-6-16(19)12-20-17/h2-6,8-9,15,17-18,20-21H,1,7,10-14H2. The van der Waals surface area contributed by atoms with E-state index in [0.29, 0.717) is 18.0 Å². The molecule has 0 spiro atoms. The molecule has 1 aromatic carbocycles. The van der Waals surface area contributed by atoms with Gasteiger partial charge in [0.1, 0.15) is 12.4 Å². The molecule has 2 aliphatic rings. The molecule has 1 fully saturated rings.